The molecule has 0 fully saturated rings. The molecule has 0 aliphatic heterocycles. The molecule has 0 heterocycles. The summed E-state index contributed by atoms with van der Waals surface area (Å²) < 4.78 is 17.7. The van der Waals surface area contributed by atoms with Gasteiger partial charge in [-0.05, 0) is 43.3 Å². The molecule has 0 unspecified atom stereocenters. The second kappa shape index (κ2) is 9.93. The number of amides is 1. The Morgan fingerprint density at radius 2 is 1.64 bits per heavy atom. The van der Waals surface area contributed by atoms with Crippen molar-refractivity contribution in [2.75, 3.05) is 33.4 Å². The van der Waals surface area contributed by atoms with Gasteiger partial charge in [-0.15, -0.1) is 0 Å². The van der Waals surface area contributed by atoms with Crippen LogP contribution in [0.5, 0.6) is 17.2 Å². The van der Waals surface area contributed by atoms with Crippen molar-refractivity contribution in [2.45, 2.75) is 6.92 Å². The molecule has 0 aliphatic rings. The van der Waals surface area contributed by atoms with E-state index in [0.29, 0.717) is 31.3 Å². The van der Waals surface area contributed by atoms with Crippen molar-refractivity contribution in [1.82, 2.24) is 4.90 Å². The molecule has 0 saturated carbocycles. The highest BCUT2D eigenvalue weighted by atomic mass is 79.9. The minimum atomic E-state index is -0.120. The van der Waals surface area contributed by atoms with Gasteiger partial charge in [0.25, 0.3) is 5.91 Å². The summed E-state index contributed by atoms with van der Waals surface area (Å²) in [5.74, 6) is 1.85. The van der Waals surface area contributed by atoms with Crippen LogP contribution in [0.25, 0.3) is 0 Å². The molecule has 0 bridgehead atoms. The van der Waals surface area contributed by atoms with Crippen LogP contribution in [0.4, 0.5) is 0 Å². The molecule has 5 nitrogen and oxygen atoms in total. The number of ether oxygens (including phenoxy) is 3. The van der Waals surface area contributed by atoms with Crippen LogP contribution in [0.15, 0.2) is 53.0 Å². The Bertz CT molecular complexity index is 675. The van der Waals surface area contributed by atoms with Crippen LogP contribution in [-0.2, 0) is 4.79 Å². The zero-order valence-corrected chi connectivity index (χ0v) is 16.0. The normalized spacial score (nSPS) is 10.2. The standard InChI is InChI=1S/C19H22BrNO4/c1-3-23-17-6-4-5-7-18(17)25-14-19(22)21(2)12-13-24-16-10-8-15(20)9-11-16/h4-11H,3,12-14H2,1-2H3. The number of halogens is 1. The van der Waals surface area contributed by atoms with Crippen molar-refractivity contribution in [2.24, 2.45) is 0 Å². The first-order valence-corrected chi connectivity index (χ1v) is 8.86. The third kappa shape index (κ3) is 6.31. The van der Waals surface area contributed by atoms with E-state index in [2.05, 4.69) is 15.9 Å². The van der Waals surface area contributed by atoms with E-state index in [1.807, 2.05) is 49.4 Å². The molecule has 1 amide bonds. The van der Waals surface area contributed by atoms with Gasteiger partial charge < -0.3 is 19.1 Å². The Labute approximate surface area is 156 Å². The predicted molar refractivity (Wildman–Crippen MR) is 100 cm³/mol. The van der Waals surface area contributed by atoms with Gasteiger partial charge in [-0.25, -0.2) is 0 Å². The minimum absolute atomic E-state index is 0.0428. The molecule has 2 aromatic carbocycles. The average molecular weight is 408 g/mol. The maximum atomic E-state index is 12.2. The fourth-order valence-electron chi connectivity index (χ4n) is 2.05. The lowest BCUT2D eigenvalue weighted by molar-refractivity contribution is -0.132. The van der Waals surface area contributed by atoms with E-state index >= 15 is 0 Å². The van der Waals surface area contributed by atoms with Crippen LogP contribution in [0.3, 0.4) is 0 Å². The lowest BCUT2D eigenvalue weighted by Crippen LogP contribution is -2.34. The first-order chi connectivity index (χ1) is 12.1. The van der Waals surface area contributed by atoms with E-state index < -0.39 is 0 Å². The van der Waals surface area contributed by atoms with Crippen molar-refractivity contribution in [3.63, 3.8) is 0 Å². The molecule has 2 aromatic rings. The van der Waals surface area contributed by atoms with E-state index in [1.54, 1.807) is 18.0 Å². The number of hydrogen-bond acceptors (Lipinski definition) is 4. The van der Waals surface area contributed by atoms with Crippen LogP contribution in [0.2, 0.25) is 0 Å². The number of benzene rings is 2. The van der Waals surface area contributed by atoms with E-state index in [4.69, 9.17) is 14.2 Å². The zero-order valence-electron chi connectivity index (χ0n) is 14.4. The van der Waals surface area contributed by atoms with Gasteiger partial charge in [-0.2, -0.15) is 0 Å². The van der Waals surface area contributed by atoms with Gasteiger partial charge in [-0.3, -0.25) is 4.79 Å². The first-order valence-electron chi connectivity index (χ1n) is 8.07. The molecule has 25 heavy (non-hydrogen) atoms. The summed E-state index contributed by atoms with van der Waals surface area (Å²) in [4.78, 5) is 13.8. The quantitative estimate of drug-likeness (QED) is 0.634. The topological polar surface area (TPSA) is 48.0 Å². The smallest absolute Gasteiger partial charge is 0.260 e. The summed E-state index contributed by atoms with van der Waals surface area (Å²) >= 11 is 3.38. The van der Waals surface area contributed by atoms with E-state index in [0.717, 1.165) is 10.2 Å². The summed E-state index contributed by atoms with van der Waals surface area (Å²) in [5.41, 5.74) is 0. The molecular weight excluding hydrogens is 386 g/mol. The Morgan fingerprint density at radius 1 is 1.00 bits per heavy atom. The Balaban J connectivity index is 1.75. The molecule has 6 heteroatoms. The molecule has 0 saturated heterocycles. The van der Waals surface area contributed by atoms with Crippen LogP contribution in [-0.4, -0.2) is 44.2 Å². The van der Waals surface area contributed by atoms with Crippen LogP contribution >= 0.6 is 15.9 Å². The van der Waals surface area contributed by atoms with Crippen molar-refractivity contribution >= 4 is 21.8 Å². The van der Waals surface area contributed by atoms with Crippen molar-refractivity contribution < 1.29 is 19.0 Å². The molecule has 0 N–H and O–H groups in total. The third-order valence-corrected chi connectivity index (χ3v) is 3.96. The number of carbonyl (C=O) groups is 1. The second-order valence-corrected chi connectivity index (χ2v) is 6.20. The third-order valence-electron chi connectivity index (χ3n) is 3.43. The lowest BCUT2D eigenvalue weighted by atomic mass is 10.3. The molecule has 0 aromatic heterocycles. The number of nitrogens with zero attached hydrogens (tertiary/aromatic N) is 1. The summed E-state index contributed by atoms with van der Waals surface area (Å²) in [6, 6.07) is 14.9. The number of para-hydroxylation sites is 2. The van der Waals surface area contributed by atoms with Gasteiger partial charge in [0.15, 0.2) is 18.1 Å². The lowest BCUT2D eigenvalue weighted by Gasteiger charge is -2.18. The van der Waals surface area contributed by atoms with Gasteiger partial charge in [0.2, 0.25) is 0 Å². The number of rotatable bonds is 9. The second-order valence-electron chi connectivity index (χ2n) is 5.29. The van der Waals surface area contributed by atoms with Gasteiger partial charge in [0, 0.05) is 11.5 Å². The van der Waals surface area contributed by atoms with Gasteiger partial charge in [0.1, 0.15) is 12.4 Å². The van der Waals surface area contributed by atoms with Crippen LogP contribution < -0.4 is 14.2 Å². The highest BCUT2D eigenvalue weighted by Crippen LogP contribution is 2.26. The van der Waals surface area contributed by atoms with Gasteiger partial charge in [-0.1, -0.05) is 28.1 Å². The molecule has 0 spiro atoms. The molecule has 134 valence electrons. The number of hydrogen-bond donors (Lipinski definition) is 0. The predicted octanol–water partition coefficient (Wildman–Crippen LogP) is 3.76. The minimum Gasteiger partial charge on any atom is -0.492 e. The maximum absolute atomic E-state index is 12.2. The van der Waals surface area contributed by atoms with Gasteiger partial charge >= 0.3 is 0 Å². The van der Waals surface area contributed by atoms with Crippen molar-refractivity contribution in [1.29, 1.82) is 0 Å². The number of likely N-dealkylation sites (N-methyl/N-ethyl adjacent to an activating group) is 1. The zero-order chi connectivity index (χ0) is 18.1. The fourth-order valence-corrected chi connectivity index (χ4v) is 2.31. The maximum Gasteiger partial charge on any atom is 0.260 e. The Kier molecular flexibility index (Phi) is 7.60. The summed E-state index contributed by atoms with van der Waals surface area (Å²) in [5, 5.41) is 0. The Morgan fingerprint density at radius 3 is 2.28 bits per heavy atom. The first kappa shape index (κ1) is 19.1. The largest absolute Gasteiger partial charge is 0.492 e. The monoisotopic (exact) mass is 407 g/mol. The number of carbonyl (C=O) groups excluding carboxylic acids is 1. The summed E-state index contributed by atoms with van der Waals surface area (Å²) in [7, 11) is 1.73. The summed E-state index contributed by atoms with van der Waals surface area (Å²) in [6.45, 7) is 3.30. The van der Waals surface area contributed by atoms with E-state index in [1.165, 1.54) is 0 Å². The highest BCUT2D eigenvalue weighted by molar-refractivity contribution is 9.10. The average Bonchev–Trinajstić information content (AvgIpc) is 2.62. The highest BCUT2D eigenvalue weighted by Gasteiger charge is 2.11. The van der Waals surface area contributed by atoms with Crippen LogP contribution in [0, 0.1) is 0 Å². The molecule has 2 rings (SSSR count). The van der Waals surface area contributed by atoms with Crippen molar-refractivity contribution in [3.8, 4) is 17.2 Å². The van der Waals surface area contributed by atoms with Crippen LogP contribution in [0.1, 0.15) is 6.92 Å². The molecule has 0 aliphatic carbocycles. The SMILES string of the molecule is CCOc1ccccc1OCC(=O)N(C)CCOc1ccc(Br)cc1. The van der Waals surface area contributed by atoms with Gasteiger partial charge in [0.05, 0.1) is 13.2 Å². The van der Waals surface area contributed by atoms with Crippen molar-refractivity contribution in [3.05, 3.63) is 53.0 Å². The fraction of sp³-hybridized carbons (Fsp3) is 0.316. The van der Waals surface area contributed by atoms with E-state index in [9.17, 15) is 4.79 Å². The molecule has 0 radical (unpaired) electrons. The Hall–Kier alpha value is -2.21. The van der Waals surface area contributed by atoms with E-state index in [-0.39, 0.29) is 12.5 Å². The molecule has 0 atom stereocenters. The summed E-state index contributed by atoms with van der Waals surface area (Å²) in [6.07, 6.45) is 0. The molecular formula is C19H22BrNO4.